The van der Waals surface area contributed by atoms with Crippen LogP contribution in [-0.4, -0.2) is 25.2 Å². The SMILES string of the molecule is O=C1NC2=CC=CCC2C1=C1C=Cc2cc(OCC3CO3)ccc2N1. The molecule has 0 saturated carbocycles. The van der Waals surface area contributed by atoms with Crippen molar-refractivity contribution < 1.29 is 14.3 Å². The Kier molecular flexibility index (Phi) is 3.28. The molecule has 5 nitrogen and oxygen atoms in total. The topological polar surface area (TPSA) is 62.9 Å². The van der Waals surface area contributed by atoms with E-state index in [0.717, 1.165) is 47.0 Å². The first kappa shape index (κ1) is 14.5. The predicted octanol–water partition coefficient (Wildman–Crippen LogP) is 2.75. The normalized spacial score (nSPS) is 28.6. The molecule has 25 heavy (non-hydrogen) atoms. The lowest BCUT2D eigenvalue weighted by Gasteiger charge is -2.20. The summed E-state index contributed by atoms with van der Waals surface area (Å²) in [6, 6.07) is 5.94. The molecular formula is C20H18N2O3. The van der Waals surface area contributed by atoms with E-state index in [2.05, 4.69) is 16.7 Å². The Balaban J connectivity index is 1.42. The summed E-state index contributed by atoms with van der Waals surface area (Å²) in [6.45, 7) is 1.38. The van der Waals surface area contributed by atoms with Crippen molar-refractivity contribution in [3.8, 4) is 5.75 Å². The second-order valence-corrected chi connectivity index (χ2v) is 6.59. The van der Waals surface area contributed by atoms with Gasteiger partial charge in [-0.25, -0.2) is 0 Å². The monoisotopic (exact) mass is 334 g/mol. The van der Waals surface area contributed by atoms with E-state index in [1.54, 1.807) is 0 Å². The second-order valence-electron chi connectivity index (χ2n) is 6.59. The van der Waals surface area contributed by atoms with Crippen LogP contribution in [0.25, 0.3) is 6.08 Å². The lowest BCUT2D eigenvalue weighted by molar-refractivity contribution is -0.116. The molecule has 1 aliphatic carbocycles. The Morgan fingerprint density at radius 1 is 1.24 bits per heavy atom. The second kappa shape index (κ2) is 5.63. The van der Waals surface area contributed by atoms with Crippen molar-refractivity contribution in [2.24, 2.45) is 5.92 Å². The van der Waals surface area contributed by atoms with Gasteiger partial charge in [0.15, 0.2) is 0 Å². The van der Waals surface area contributed by atoms with Gasteiger partial charge in [-0.15, -0.1) is 0 Å². The molecule has 0 radical (unpaired) electrons. The molecule has 0 aromatic heterocycles. The number of hydrogen-bond acceptors (Lipinski definition) is 4. The minimum absolute atomic E-state index is 0.0139. The summed E-state index contributed by atoms with van der Waals surface area (Å²) in [5.74, 6) is 0.935. The molecule has 5 heteroatoms. The van der Waals surface area contributed by atoms with Gasteiger partial charge in [0.1, 0.15) is 18.5 Å². The molecule has 126 valence electrons. The number of allylic oxidation sites excluding steroid dienone is 5. The first-order valence-electron chi connectivity index (χ1n) is 8.54. The third-order valence-corrected chi connectivity index (χ3v) is 4.86. The molecule has 1 amide bonds. The van der Waals surface area contributed by atoms with E-state index in [1.807, 2.05) is 42.5 Å². The van der Waals surface area contributed by atoms with Gasteiger partial charge in [-0.05, 0) is 36.8 Å². The summed E-state index contributed by atoms with van der Waals surface area (Å²) < 4.78 is 10.9. The molecule has 4 aliphatic rings. The van der Waals surface area contributed by atoms with Crippen LogP contribution in [0, 0.1) is 5.92 Å². The number of carbonyl (C=O) groups excluding carboxylic acids is 1. The first-order chi connectivity index (χ1) is 12.3. The number of carbonyl (C=O) groups is 1. The van der Waals surface area contributed by atoms with Gasteiger partial charge >= 0.3 is 0 Å². The number of rotatable bonds is 3. The lowest BCUT2D eigenvalue weighted by Crippen LogP contribution is -2.16. The highest BCUT2D eigenvalue weighted by Crippen LogP contribution is 2.37. The molecule has 3 aliphatic heterocycles. The highest BCUT2D eigenvalue weighted by atomic mass is 16.6. The molecule has 2 fully saturated rings. The Morgan fingerprint density at radius 3 is 3.04 bits per heavy atom. The van der Waals surface area contributed by atoms with Gasteiger partial charge in [-0.2, -0.15) is 0 Å². The summed E-state index contributed by atoms with van der Waals surface area (Å²) in [6.07, 6.45) is 11.2. The molecule has 2 unspecified atom stereocenters. The molecule has 3 heterocycles. The molecule has 0 spiro atoms. The van der Waals surface area contributed by atoms with Crippen molar-refractivity contribution in [1.82, 2.24) is 5.32 Å². The number of amides is 1. The van der Waals surface area contributed by atoms with E-state index in [9.17, 15) is 4.79 Å². The maximum Gasteiger partial charge on any atom is 0.254 e. The van der Waals surface area contributed by atoms with Crippen LogP contribution in [0.1, 0.15) is 12.0 Å². The summed E-state index contributed by atoms with van der Waals surface area (Å²) >= 11 is 0. The molecule has 1 aromatic carbocycles. The zero-order chi connectivity index (χ0) is 16.8. The van der Waals surface area contributed by atoms with Crippen LogP contribution in [0.3, 0.4) is 0 Å². The Bertz CT molecular complexity index is 875. The third kappa shape index (κ3) is 2.66. The Labute approximate surface area is 145 Å². The fraction of sp³-hybridized carbons (Fsp3) is 0.250. The summed E-state index contributed by atoms with van der Waals surface area (Å²) in [5, 5.41) is 6.38. The maximum atomic E-state index is 12.4. The zero-order valence-electron chi connectivity index (χ0n) is 13.6. The van der Waals surface area contributed by atoms with Crippen molar-refractivity contribution in [2.45, 2.75) is 12.5 Å². The average molecular weight is 334 g/mol. The number of benzene rings is 1. The number of epoxide rings is 1. The highest BCUT2D eigenvalue weighted by molar-refractivity contribution is 6.01. The molecular weight excluding hydrogens is 316 g/mol. The fourth-order valence-corrected chi connectivity index (χ4v) is 3.45. The average Bonchev–Trinajstić information content (AvgIpc) is 3.40. The van der Waals surface area contributed by atoms with E-state index in [1.165, 1.54) is 0 Å². The summed E-state index contributed by atoms with van der Waals surface area (Å²) in [5.41, 5.74) is 4.70. The van der Waals surface area contributed by atoms with Crippen LogP contribution in [0.4, 0.5) is 5.69 Å². The van der Waals surface area contributed by atoms with Crippen molar-refractivity contribution in [1.29, 1.82) is 0 Å². The third-order valence-electron chi connectivity index (χ3n) is 4.86. The van der Waals surface area contributed by atoms with Crippen molar-refractivity contribution in [3.05, 3.63) is 65.0 Å². The van der Waals surface area contributed by atoms with E-state index in [0.29, 0.717) is 6.61 Å². The number of ether oxygens (including phenoxy) is 2. The standard InChI is InChI=1S/C20H18N2O3/c23-20-19(15-3-1-2-4-17(15)22-20)18-7-5-12-9-13(6-8-16(12)21-18)24-10-14-11-25-14/h1-2,4-9,14-15,21H,3,10-11H2,(H,22,23). The minimum atomic E-state index is -0.0139. The Hall–Kier alpha value is -2.79. The van der Waals surface area contributed by atoms with E-state index >= 15 is 0 Å². The van der Waals surface area contributed by atoms with Gasteiger partial charge in [-0.1, -0.05) is 18.2 Å². The van der Waals surface area contributed by atoms with Gasteiger partial charge in [0, 0.05) is 34.1 Å². The maximum absolute atomic E-state index is 12.4. The van der Waals surface area contributed by atoms with Gasteiger partial charge < -0.3 is 20.1 Å². The van der Waals surface area contributed by atoms with Crippen molar-refractivity contribution >= 4 is 17.7 Å². The largest absolute Gasteiger partial charge is 0.491 e. The molecule has 0 bridgehead atoms. The minimum Gasteiger partial charge on any atom is -0.491 e. The lowest BCUT2D eigenvalue weighted by atomic mass is 9.90. The fourth-order valence-electron chi connectivity index (χ4n) is 3.45. The van der Waals surface area contributed by atoms with E-state index < -0.39 is 0 Å². The van der Waals surface area contributed by atoms with Gasteiger partial charge in [0.05, 0.1) is 6.61 Å². The van der Waals surface area contributed by atoms with Crippen molar-refractivity contribution in [2.75, 3.05) is 18.5 Å². The molecule has 1 aromatic rings. The van der Waals surface area contributed by atoms with Crippen LogP contribution < -0.4 is 15.4 Å². The molecule has 2 atom stereocenters. The van der Waals surface area contributed by atoms with Crippen LogP contribution in [0.5, 0.6) is 5.75 Å². The van der Waals surface area contributed by atoms with Crippen LogP contribution in [0.2, 0.25) is 0 Å². The number of fused-ring (bicyclic) bond motifs is 2. The Morgan fingerprint density at radius 2 is 2.16 bits per heavy atom. The van der Waals surface area contributed by atoms with Crippen molar-refractivity contribution in [3.63, 3.8) is 0 Å². The highest BCUT2D eigenvalue weighted by Gasteiger charge is 2.35. The van der Waals surface area contributed by atoms with Gasteiger partial charge in [0.2, 0.25) is 0 Å². The number of hydrogen-bond donors (Lipinski definition) is 2. The quantitative estimate of drug-likeness (QED) is 0.659. The molecule has 2 saturated heterocycles. The van der Waals surface area contributed by atoms with E-state index in [4.69, 9.17) is 9.47 Å². The summed E-state index contributed by atoms with van der Waals surface area (Å²) in [4.78, 5) is 12.4. The number of anilines is 1. The first-order valence-corrected chi connectivity index (χ1v) is 8.54. The smallest absolute Gasteiger partial charge is 0.254 e. The van der Waals surface area contributed by atoms with Gasteiger partial charge in [-0.3, -0.25) is 4.79 Å². The van der Waals surface area contributed by atoms with Crippen LogP contribution in [0.15, 0.2) is 59.5 Å². The molecule has 2 N–H and O–H groups in total. The summed E-state index contributed by atoms with van der Waals surface area (Å²) in [7, 11) is 0. The number of nitrogens with one attached hydrogen (secondary N) is 2. The molecule has 5 rings (SSSR count). The van der Waals surface area contributed by atoms with Crippen LogP contribution >= 0.6 is 0 Å². The zero-order valence-corrected chi connectivity index (χ0v) is 13.6. The predicted molar refractivity (Wildman–Crippen MR) is 94.8 cm³/mol. The van der Waals surface area contributed by atoms with Crippen LogP contribution in [-0.2, 0) is 9.53 Å². The van der Waals surface area contributed by atoms with Gasteiger partial charge in [0.25, 0.3) is 5.91 Å². The van der Waals surface area contributed by atoms with E-state index in [-0.39, 0.29) is 17.9 Å².